The number of aromatic hydroxyl groups is 1. The van der Waals surface area contributed by atoms with Crippen molar-refractivity contribution >= 4 is 33.3 Å². The molecule has 2 aromatic carbocycles. The van der Waals surface area contributed by atoms with E-state index in [1.807, 2.05) is 47.8 Å². The Balaban J connectivity index is 1.54. The summed E-state index contributed by atoms with van der Waals surface area (Å²) in [6.45, 7) is 0.530. The Morgan fingerprint density at radius 2 is 1.97 bits per heavy atom. The molecular formula is C22H17N3O3S. The Labute approximate surface area is 170 Å². The first-order chi connectivity index (χ1) is 14.1. The van der Waals surface area contributed by atoms with Crippen LogP contribution in [0.5, 0.6) is 5.75 Å². The zero-order valence-corrected chi connectivity index (χ0v) is 16.2. The average molecular weight is 403 g/mol. The molecule has 1 aliphatic rings. The molecule has 0 radical (unpaired) electrons. The zero-order valence-electron chi connectivity index (χ0n) is 15.4. The van der Waals surface area contributed by atoms with Gasteiger partial charge in [0, 0.05) is 22.9 Å². The molecule has 0 atom stereocenters. The molecule has 0 aliphatic carbocycles. The molecule has 4 aromatic rings. The van der Waals surface area contributed by atoms with Crippen molar-refractivity contribution in [3.8, 4) is 17.0 Å². The number of thiazole rings is 1. The van der Waals surface area contributed by atoms with Crippen molar-refractivity contribution in [3.63, 3.8) is 0 Å². The van der Waals surface area contributed by atoms with Crippen LogP contribution in [0.1, 0.15) is 22.3 Å². The Morgan fingerprint density at radius 3 is 2.79 bits per heavy atom. The lowest BCUT2D eigenvalue weighted by Crippen LogP contribution is -2.31. The molecule has 144 valence electrons. The maximum atomic E-state index is 13.0. The molecule has 7 heteroatoms. The van der Waals surface area contributed by atoms with Crippen LogP contribution in [-0.2, 0) is 13.0 Å². The summed E-state index contributed by atoms with van der Waals surface area (Å²) in [6.07, 6.45) is 1.67. The molecule has 1 aliphatic heterocycles. The Bertz CT molecular complexity index is 1310. The van der Waals surface area contributed by atoms with Gasteiger partial charge in [-0.2, -0.15) is 0 Å². The number of aryl methyl sites for hydroxylation is 2. The molecule has 6 nitrogen and oxygen atoms in total. The van der Waals surface area contributed by atoms with Gasteiger partial charge in [-0.15, -0.1) is 11.3 Å². The maximum Gasteiger partial charge on any atom is 0.267 e. The number of pyridine rings is 1. The summed E-state index contributed by atoms with van der Waals surface area (Å²) in [5.41, 5.74) is 2.70. The van der Waals surface area contributed by atoms with Crippen molar-refractivity contribution in [2.24, 2.45) is 0 Å². The lowest BCUT2D eigenvalue weighted by atomic mass is 9.99. The van der Waals surface area contributed by atoms with E-state index in [-0.39, 0.29) is 11.3 Å². The van der Waals surface area contributed by atoms with Crippen LogP contribution >= 0.6 is 11.3 Å². The first-order valence-corrected chi connectivity index (χ1v) is 10.2. The number of anilines is 1. The van der Waals surface area contributed by atoms with Gasteiger partial charge in [-0.05, 0) is 24.5 Å². The van der Waals surface area contributed by atoms with Gasteiger partial charge in [0.15, 0.2) is 5.13 Å². The number of para-hydroxylation sites is 1. The van der Waals surface area contributed by atoms with Gasteiger partial charge in [-0.1, -0.05) is 42.5 Å². The van der Waals surface area contributed by atoms with E-state index in [0.717, 1.165) is 35.2 Å². The molecule has 5 rings (SSSR count). The van der Waals surface area contributed by atoms with E-state index in [1.165, 1.54) is 11.3 Å². The van der Waals surface area contributed by atoms with Crippen molar-refractivity contribution in [1.29, 1.82) is 0 Å². The maximum absolute atomic E-state index is 13.0. The molecule has 2 aromatic heterocycles. The number of rotatable bonds is 3. The molecular weight excluding hydrogens is 386 g/mol. The SMILES string of the molecule is O=C(Nc1nc(-c2ccccc2)cs1)c1c(O)c2cccc3c2n(c1=O)CCC3. The van der Waals surface area contributed by atoms with Crippen LogP contribution in [0, 0.1) is 0 Å². The Hall–Kier alpha value is -3.45. The minimum Gasteiger partial charge on any atom is -0.506 e. The van der Waals surface area contributed by atoms with Gasteiger partial charge in [0.2, 0.25) is 0 Å². The van der Waals surface area contributed by atoms with Gasteiger partial charge in [0.1, 0.15) is 11.3 Å². The van der Waals surface area contributed by atoms with E-state index in [9.17, 15) is 14.7 Å². The lowest BCUT2D eigenvalue weighted by molar-refractivity contribution is 0.102. The second-order valence-corrected chi connectivity index (χ2v) is 7.81. The van der Waals surface area contributed by atoms with Crippen LogP contribution in [-0.4, -0.2) is 20.6 Å². The van der Waals surface area contributed by atoms with Crippen molar-refractivity contribution in [3.05, 3.63) is 75.4 Å². The summed E-state index contributed by atoms with van der Waals surface area (Å²) in [5, 5.41) is 16.2. The summed E-state index contributed by atoms with van der Waals surface area (Å²) in [4.78, 5) is 30.3. The van der Waals surface area contributed by atoms with Crippen LogP contribution in [0.3, 0.4) is 0 Å². The summed E-state index contributed by atoms with van der Waals surface area (Å²) < 4.78 is 1.60. The monoisotopic (exact) mass is 403 g/mol. The molecule has 2 N–H and O–H groups in total. The molecule has 0 spiro atoms. The fourth-order valence-electron chi connectivity index (χ4n) is 3.85. The number of hydrogen-bond donors (Lipinski definition) is 2. The number of amides is 1. The summed E-state index contributed by atoms with van der Waals surface area (Å²) in [7, 11) is 0. The Morgan fingerprint density at radius 1 is 1.14 bits per heavy atom. The molecule has 0 unspecified atom stereocenters. The lowest BCUT2D eigenvalue weighted by Gasteiger charge is -2.21. The third kappa shape index (κ3) is 2.91. The Kier molecular flexibility index (Phi) is 4.17. The van der Waals surface area contributed by atoms with Crippen LogP contribution in [0.2, 0.25) is 0 Å². The van der Waals surface area contributed by atoms with Crippen molar-refractivity contribution < 1.29 is 9.90 Å². The zero-order chi connectivity index (χ0) is 20.0. The predicted octanol–water partition coefficient (Wildman–Crippen LogP) is 4.03. The molecule has 0 fully saturated rings. The molecule has 1 amide bonds. The summed E-state index contributed by atoms with van der Waals surface area (Å²) in [6, 6.07) is 15.2. The molecule has 3 heterocycles. The van der Waals surface area contributed by atoms with Crippen LogP contribution in [0.15, 0.2) is 58.7 Å². The number of hydrogen-bond acceptors (Lipinski definition) is 5. The third-order valence-electron chi connectivity index (χ3n) is 5.19. The molecule has 0 saturated heterocycles. The van der Waals surface area contributed by atoms with Gasteiger partial charge in [-0.25, -0.2) is 4.98 Å². The van der Waals surface area contributed by atoms with Crippen LogP contribution in [0.25, 0.3) is 22.2 Å². The number of nitrogens with zero attached hydrogens (tertiary/aromatic N) is 2. The first kappa shape index (κ1) is 17.6. The smallest absolute Gasteiger partial charge is 0.267 e. The van der Waals surface area contributed by atoms with E-state index < -0.39 is 11.5 Å². The van der Waals surface area contributed by atoms with E-state index in [1.54, 1.807) is 10.6 Å². The molecule has 29 heavy (non-hydrogen) atoms. The second kappa shape index (κ2) is 6.86. The van der Waals surface area contributed by atoms with E-state index in [4.69, 9.17) is 0 Å². The number of carbonyl (C=O) groups is 1. The normalized spacial score (nSPS) is 12.8. The van der Waals surface area contributed by atoms with E-state index >= 15 is 0 Å². The van der Waals surface area contributed by atoms with Crippen molar-refractivity contribution in [2.45, 2.75) is 19.4 Å². The van der Waals surface area contributed by atoms with Gasteiger partial charge < -0.3 is 9.67 Å². The highest BCUT2D eigenvalue weighted by Crippen LogP contribution is 2.32. The highest BCUT2D eigenvalue weighted by Gasteiger charge is 2.25. The van der Waals surface area contributed by atoms with Gasteiger partial charge in [0.25, 0.3) is 11.5 Å². The average Bonchev–Trinajstić information content (AvgIpc) is 3.21. The fraction of sp³-hybridized carbons (Fsp3) is 0.136. The standard InChI is InChI=1S/C22H17N3O3S/c26-19-15-10-4-8-14-9-5-11-25(18(14)15)21(28)17(19)20(27)24-22-23-16(12-29-22)13-6-2-1-3-7-13/h1-4,6-8,10,12,26H,5,9,11H2,(H,23,24,27). The van der Waals surface area contributed by atoms with Gasteiger partial charge in [-0.3, -0.25) is 14.9 Å². The fourth-order valence-corrected chi connectivity index (χ4v) is 4.57. The third-order valence-corrected chi connectivity index (χ3v) is 5.95. The van der Waals surface area contributed by atoms with Gasteiger partial charge >= 0.3 is 0 Å². The quantitative estimate of drug-likeness (QED) is 0.541. The highest BCUT2D eigenvalue weighted by atomic mass is 32.1. The second-order valence-electron chi connectivity index (χ2n) is 6.96. The van der Waals surface area contributed by atoms with E-state index in [2.05, 4.69) is 10.3 Å². The van der Waals surface area contributed by atoms with Crippen molar-refractivity contribution in [1.82, 2.24) is 9.55 Å². The topological polar surface area (TPSA) is 84.2 Å². The number of carbonyl (C=O) groups excluding carboxylic acids is 1. The van der Waals surface area contributed by atoms with E-state index in [0.29, 0.717) is 17.1 Å². The number of aromatic nitrogens is 2. The first-order valence-electron chi connectivity index (χ1n) is 9.33. The van der Waals surface area contributed by atoms with Gasteiger partial charge in [0.05, 0.1) is 11.2 Å². The highest BCUT2D eigenvalue weighted by molar-refractivity contribution is 7.14. The summed E-state index contributed by atoms with van der Waals surface area (Å²) in [5.74, 6) is -0.926. The number of benzene rings is 2. The van der Waals surface area contributed by atoms with Crippen LogP contribution < -0.4 is 10.9 Å². The van der Waals surface area contributed by atoms with Crippen molar-refractivity contribution in [2.75, 3.05) is 5.32 Å². The summed E-state index contributed by atoms with van der Waals surface area (Å²) >= 11 is 1.27. The van der Waals surface area contributed by atoms with Crippen LogP contribution in [0.4, 0.5) is 5.13 Å². The minimum absolute atomic E-state index is 0.243. The largest absolute Gasteiger partial charge is 0.506 e. The molecule has 0 bridgehead atoms. The predicted molar refractivity (Wildman–Crippen MR) is 114 cm³/mol. The molecule has 0 saturated carbocycles. The number of nitrogens with one attached hydrogen (secondary N) is 1. The minimum atomic E-state index is -0.650.